The van der Waals surface area contributed by atoms with Crippen LogP contribution in [0.3, 0.4) is 0 Å². The van der Waals surface area contributed by atoms with Gasteiger partial charge in [-0.15, -0.1) is 0 Å². The van der Waals surface area contributed by atoms with E-state index < -0.39 is 0 Å². The van der Waals surface area contributed by atoms with E-state index in [1.807, 2.05) is 30.3 Å². The first-order valence-electron chi connectivity index (χ1n) is 13.0. The van der Waals surface area contributed by atoms with Crippen molar-refractivity contribution in [3.63, 3.8) is 0 Å². The highest BCUT2D eigenvalue weighted by Gasteiger charge is 2.42. The summed E-state index contributed by atoms with van der Waals surface area (Å²) in [5.74, 6) is 0.985. The Morgan fingerprint density at radius 3 is 2.49 bits per heavy atom. The molecule has 1 aromatic heterocycles. The van der Waals surface area contributed by atoms with Gasteiger partial charge < -0.3 is 14.6 Å². The molecule has 0 spiro atoms. The predicted octanol–water partition coefficient (Wildman–Crippen LogP) is 4.45. The minimum absolute atomic E-state index is 0.0416. The zero-order chi connectivity index (χ0) is 24.4. The average Bonchev–Trinajstić information content (AvgIpc) is 3.47. The maximum absolute atomic E-state index is 12.7. The number of aromatic nitrogens is 1. The van der Waals surface area contributed by atoms with E-state index in [4.69, 9.17) is 4.74 Å². The molecule has 2 saturated heterocycles. The minimum Gasteiger partial charge on any atom is -0.489 e. The lowest BCUT2D eigenvalue weighted by Gasteiger charge is -2.38. The van der Waals surface area contributed by atoms with Crippen LogP contribution >= 0.6 is 0 Å². The average molecular weight is 475 g/mol. The van der Waals surface area contributed by atoms with Crippen molar-refractivity contribution in [3.8, 4) is 5.75 Å². The molecule has 3 heterocycles. The summed E-state index contributed by atoms with van der Waals surface area (Å²) in [4.78, 5) is 17.7. The maximum atomic E-state index is 12.7. The second-order valence-electron chi connectivity index (χ2n) is 10.3. The topological polar surface area (TPSA) is 49.7 Å². The standard InChI is InChI=1S/C29H38N4O2/c1-21(2)32-19-22(26-11-7-8-12-27(26)32)18-31-15-13-23(14-16-31)33-20-25(17-28(33)29(34)30-3)35-24-9-5-4-6-10-24/h4-12,19,21,23,25,28H,13-18,20H2,1-3H3,(H,30,34)/t25-,28-/m0/s1. The summed E-state index contributed by atoms with van der Waals surface area (Å²) in [6.45, 7) is 8.37. The molecule has 5 rings (SSSR count). The summed E-state index contributed by atoms with van der Waals surface area (Å²) in [7, 11) is 1.74. The first kappa shape index (κ1) is 23.9. The fraction of sp³-hybridized carbons (Fsp3) is 0.483. The molecule has 35 heavy (non-hydrogen) atoms. The highest BCUT2D eigenvalue weighted by molar-refractivity contribution is 5.84. The maximum Gasteiger partial charge on any atom is 0.237 e. The van der Waals surface area contributed by atoms with Gasteiger partial charge in [0.15, 0.2) is 0 Å². The van der Waals surface area contributed by atoms with Crippen LogP contribution < -0.4 is 10.1 Å². The molecule has 2 aromatic carbocycles. The van der Waals surface area contributed by atoms with E-state index >= 15 is 0 Å². The molecule has 0 unspecified atom stereocenters. The first-order valence-corrected chi connectivity index (χ1v) is 13.0. The lowest BCUT2D eigenvalue weighted by Crippen LogP contribution is -2.50. The van der Waals surface area contributed by atoms with Gasteiger partial charge in [0.2, 0.25) is 5.91 Å². The van der Waals surface area contributed by atoms with Gasteiger partial charge in [-0.3, -0.25) is 14.6 Å². The molecule has 2 aliphatic heterocycles. The van der Waals surface area contributed by atoms with Gasteiger partial charge in [0.25, 0.3) is 0 Å². The number of hydrogen-bond donors (Lipinski definition) is 1. The van der Waals surface area contributed by atoms with Gasteiger partial charge in [-0.25, -0.2) is 0 Å². The summed E-state index contributed by atoms with van der Waals surface area (Å²) in [6.07, 6.45) is 5.28. The minimum atomic E-state index is -0.116. The van der Waals surface area contributed by atoms with E-state index in [0.29, 0.717) is 12.1 Å². The molecule has 0 bridgehead atoms. The number of likely N-dealkylation sites (tertiary alicyclic amines) is 2. The molecule has 1 amide bonds. The van der Waals surface area contributed by atoms with Crippen LogP contribution in [-0.4, -0.2) is 65.1 Å². The molecule has 0 saturated carbocycles. The molecule has 186 valence electrons. The Labute approximate surface area is 208 Å². The Kier molecular flexibility index (Phi) is 7.12. The third kappa shape index (κ3) is 5.09. The number of carbonyl (C=O) groups is 1. The van der Waals surface area contributed by atoms with Crippen molar-refractivity contribution in [2.75, 3.05) is 26.7 Å². The monoisotopic (exact) mass is 474 g/mol. The number of hydrogen-bond acceptors (Lipinski definition) is 4. The molecule has 2 fully saturated rings. The van der Waals surface area contributed by atoms with E-state index in [1.54, 1.807) is 7.05 Å². The number of nitrogens with one attached hydrogen (secondary N) is 1. The first-order chi connectivity index (χ1) is 17.0. The van der Waals surface area contributed by atoms with Gasteiger partial charge in [0.05, 0.1) is 6.04 Å². The fourth-order valence-electron chi connectivity index (χ4n) is 5.91. The number of ether oxygens (including phenoxy) is 1. The van der Waals surface area contributed by atoms with Gasteiger partial charge in [0.1, 0.15) is 11.9 Å². The lowest BCUT2D eigenvalue weighted by molar-refractivity contribution is -0.126. The molecule has 2 atom stereocenters. The van der Waals surface area contributed by atoms with Crippen molar-refractivity contribution in [1.82, 2.24) is 19.7 Å². The molecule has 3 aromatic rings. The number of benzene rings is 2. The number of piperidine rings is 1. The summed E-state index contributed by atoms with van der Waals surface area (Å²) in [5.41, 5.74) is 2.73. The number of carbonyl (C=O) groups excluding carboxylic acids is 1. The van der Waals surface area contributed by atoms with Crippen molar-refractivity contribution < 1.29 is 9.53 Å². The number of para-hydroxylation sites is 2. The van der Waals surface area contributed by atoms with Crippen LogP contribution in [0.5, 0.6) is 5.75 Å². The summed E-state index contributed by atoms with van der Waals surface area (Å²) in [5, 5.41) is 4.25. The van der Waals surface area contributed by atoms with Crippen LogP contribution in [-0.2, 0) is 11.3 Å². The van der Waals surface area contributed by atoms with Crippen molar-refractivity contribution in [2.24, 2.45) is 0 Å². The third-order valence-corrected chi connectivity index (χ3v) is 7.70. The van der Waals surface area contributed by atoms with Gasteiger partial charge in [-0.1, -0.05) is 36.4 Å². The highest BCUT2D eigenvalue weighted by Crippen LogP contribution is 2.31. The SMILES string of the molecule is CNC(=O)[C@@H]1C[C@H](Oc2ccccc2)CN1C1CCN(Cc2cn(C(C)C)c3ccccc23)CC1. The van der Waals surface area contributed by atoms with Gasteiger partial charge in [-0.05, 0) is 63.5 Å². The summed E-state index contributed by atoms with van der Waals surface area (Å²) >= 11 is 0. The van der Waals surface area contributed by atoms with E-state index in [0.717, 1.165) is 51.2 Å². The van der Waals surface area contributed by atoms with Crippen LogP contribution in [0.4, 0.5) is 0 Å². The number of rotatable bonds is 7. The number of likely N-dealkylation sites (N-methyl/N-ethyl adjacent to an activating group) is 1. The van der Waals surface area contributed by atoms with Crippen LogP contribution in [0.2, 0.25) is 0 Å². The molecular weight excluding hydrogens is 436 g/mol. The van der Waals surface area contributed by atoms with Gasteiger partial charge in [-0.2, -0.15) is 0 Å². The van der Waals surface area contributed by atoms with E-state index in [2.05, 4.69) is 64.0 Å². The Balaban J connectivity index is 1.23. The Bertz CT molecular complexity index is 1130. The molecular formula is C29H38N4O2. The number of fused-ring (bicyclic) bond motifs is 1. The van der Waals surface area contributed by atoms with Crippen LogP contribution in [0.25, 0.3) is 10.9 Å². The van der Waals surface area contributed by atoms with Crippen molar-refractivity contribution in [1.29, 1.82) is 0 Å². The van der Waals surface area contributed by atoms with Crippen molar-refractivity contribution in [3.05, 3.63) is 66.4 Å². The summed E-state index contributed by atoms with van der Waals surface area (Å²) < 4.78 is 8.64. The quantitative estimate of drug-likeness (QED) is 0.550. The predicted molar refractivity (Wildman–Crippen MR) is 141 cm³/mol. The normalized spacial score (nSPS) is 22.2. The highest BCUT2D eigenvalue weighted by atomic mass is 16.5. The fourth-order valence-corrected chi connectivity index (χ4v) is 5.91. The third-order valence-electron chi connectivity index (χ3n) is 7.70. The van der Waals surface area contributed by atoms with E-state index in [-0.39, 0.29) is 18.1 Å². The molecule has 0 aliphatic carbocycles. The zero-order valence-electron chi connectivity index (χ0n) is 21.2. The van der Waals surface area contributed by atoms with Crippen molar-refractivity contribution in [2.45, 2.75) is 63.9 Å². The Hall–Kier alpha value is -2.83. The molecule has 0 radical (unpaired) electrons. The molecule has 2 aliphatic rings. The van der Waals surface area contributed by atoms with Crippen LogP contribution in [0.1, 0.15) is 44.7 Å². The Morgan fingerprint density at radius 2 is 1.77 bits per heavy atom. The smallest absolute Gasteiger partial charge is 0.237 e. The number of nitrogens with zero attached hydrogens (tertiary/aromatic N) is 3. The number of amides is 1. The second-order valence-corrected chi connectivity index (χ2v) is 10.3. The zero-order valence-corrected chi connectivity index (χ0v) is 21.2. The van der Waals surface area contributed by atoms with E-state index in [9.17, 15) is 4.79 Å². The van der Waals surface area contributed by atoms with Crippen molar-refractivity contribution >= 4 is 16.8 Å². The van der Waals surface area contributed by atoms with Gasteiger partial charge >= 0.3 is 0 Å². The van der Waals surface area contributed by atoms with Gasteiger partial charge in [0, 0.05) is 55.7 Å². The molecule has 6 heteroatoms. The van der Waals surface area contributed by atoms with Crippen LogP contribution in [0, 0.1) is 0 Å². The van der Waals surface area contributed by atoms with E-state index in [1.165, 1.54) is 16.5 Å². The summed E-state index contributed by atoms with van der Waals surface area (Å²) in [6, 6.07) is 19.5. The molecule has 6 nitrogen and oxygen atoms in total. The van der Waals surface area contributed by atoms with Crippen LogP contribution in [0.15, 0.2) is 60.8 Å². The second kappa shape index (κ2) is 10.4. The Morgan fingerprint density at radius 1 is 1.06 bits per heavy atom. The molecule has 1 N–H and O–H groups in total. The lowest BCUT2D eigenvalue weighted by atomic mass is 10.0. The largest absolute Gasteiger partial charge is 0.489 e.